The van der Waals surface area contributed by atoms with Crippen LogP contribution in [0.5, 0.6) is 0 Å². The van der Waals surface area contributed by atoms with Crippen molar-refractivity contribution in [2.24, 2.45) is 0 Å². The van der Waals surface area contributed by atoms with Crippen LogP contribution in [0, 0.1) is 20.8 Å². The Labute approximate surface area is 173 Å². The number of aryl methyl sites for hydroxylation is 3. The molecule has 0 spiro atoms. The number of hydrogen-bond donors (Lipinski definition) is 1. The number of amides is 1. The number of aromatic nitrogens is 3. The standard InChI is InChI=1S/C21H25N5O2S/c1-13-9-14(2)17(15(3)10-13)23-16(27)11-26-12-22-19-18(20(26)28)29-21(24-19)25-7-5-4-6-8-25/h9-10,12H,4-8,11H2,1-3H3,(H,23,27). The fourth-order valence-corrected chi connectivity index (χ4v) is 4.90. The van der Waals surface area contributed by atoms with E-state index in [9.17, 15) is 9.59 Å². The van der Waals surface area contributed by atoms with Gasteiger partial charge in [0.05, 0.1) is 0 Å². The fraction of sp³-hybridized carbons (Fsp3) is 0.429. The van der Waals surface area contributed by atoms with Crippen LogP contribution in [0.4, 0.5) is 10.8 Å². The third-order valence-electron chi connectivity index (χ3n) is 5.25. The second kappa shape index (κ2) is 7.94. The summed E-state index contributed by atoms with van der Waals surface area (Å²) in [5, 5.41) is 3.78. The molecule has 7 nitrogen and oxygen atoms in total. The second-order valence-electron chi connectivity index (χ2n) is 7.70. The van der Waals surface area contributed by atoms with Crippen LogP contribution >= 0.6 is 11.3 Å². The zero-order valence-electron chi connectivity index (χ0n) is 17.0. The summed E-state index contributed by atoms with van der Waals surface area (Å²) in [5.74, 6) is -0.246. The highest BCUT2D eigenvalue weighted by atomic mass is 32.1. The zero-order valence-corrected chi connectivity index (χ0v) is 17.8. The Bertz CT molecular complexity index is 1100. The summed E-state index contributed by atoms with van der Waals surface area (Å²) in [6.45, 7) is 7.81. The minimum Gasteiger partial charge on any atom is -0.348 e. The molecule has 1 fully saturated rings. The summed E-state index contributed by atoms with van der Waals surface area (Å²) < 4.78 is 1.86. The smallest absolute Gasteiger partial charge is 0.273 e. The summed E-state index contributed by atoms with van der Waals surface area (Å²) in [5.41, 5.74) is 4.20. The number of hydrogen-bond acceptors (Lipinski definition) is 6. The van der Waals surface area contributed by atoms with E-state index in [1.54, 1.807) is 0 Å². The third-order valence-corrected chi connectivity index (χ3v) is 6.35. The van der Waals surface area contributed by atoms with Gasteiger partial charge in [-0.05, 0) is 51.2 Å². The van der Waals surface area contributed by atoms with Gasteiger partial charge in [-0.2, -0.15) is 4.98 Å². The Hall–Kier alpha value is -2.74. The van der Waals surface area contributed by atoms with E-state index in [0.717, 1.165) is 53.4 Å². The van der Waals surface area contributed by atoms with Crippen molar-refractivity contribution in [1.82, 2.24) is 14.5 Å². The summed E-state index contributed by atoms with van der Waals surface area (Å²) in [4.78, 5) is 36.6. The predicted molar refractivity (Wildman–Crippen MR) is 117 cm³/mol. The number of fused-ring (bicyclic) bond motifs is 1. The van der Waals surface area contributed by atoms with Gasteiger partial charge in [0, 0.05) is 18.8 Å². The molecule has 0 atom stereocenters. The van der Waals surface area contributed by atoms with E-state index in [-0.39, 0.29) is 18.0 Å². The Kier molecular flexibility index (Phi) is 5.36. The normalized spacial score (nSPS) is 14.4. The van der Waals surface area contributed by atoms with Crippen LogP contribution in [-0.2, 0) is 11.3 Å². The monoisotopic (exact) mass is 411 g/mol. The molecule has 3 aromatic rings. The van der Waals surface area contributed by atoms with E-state index in [1.165, 1.54) is 28.7 Å². The highest BCUT2D eigenvalue weighted by Crippen LogP contribution is 2.27. The number of carbonyl (C=O) groups is 1. The fourth-order valence-electron chi connectivity index (χ4n) is 3.88. The molecule has 1 amide bonds. The van der Waals surface area contributed by atoms with Crippen molar-refractivity contribution < 1.29 is 4.79 Å². The average Bonchev–Trinajstić information content (AvgIpc) is 3.13. The van der Waals surface area contributed by atoms with Crippen LogP contribution in [0.25, 0.3) is 10.3 Å². The molecule has 1 N–H and O–H groups in total. The lowest BCUT2D eigenvalue weighted by atomic mass is 10.1. The van der Waals surface area contributed by atoms with Crippen LogP contribution in [0.1, 0.15) is 36.0 Å². The van der Waals surface area contributed by atoms with Gasteiger partial charge in [0.15, 0.2) is 10.8 Å². The van der Waals surface area contributed by atoms with Crippen molar-refractivity contribution in [3.05, 3.63) is 45.5 Å². The lowest BCUT2D eigenvalue weighted by Crippen LogP contribution is -2.29. The molecule has 0 unspecified atom stereocenters. The van der Waals surface area contributed by atoms with E-state index >= 15 is 0 Å². The van der Waals surface area contributed by atoms with Gasteiger partial charge in [-0.15, -0.1) is 0 Å². The van der Waals surface area contributed by atoms with Crippen molar-refractivity contribution in [3.63, 3.8) is 0 Å². The first-order valence-electron chi connectivity index (χ1n) is 9.91. The SMILES string of the molecule is Cc1cc(C)c(NC(=O)Cn2cnc3nc(N4CCCCC4)sc3c2=O)c(C)c1. The number of rotatable bonds is 4. The predicted octanol–water partition coefficient (Wildman–Crippen LogP) is 3.41. The molecule has 0 aliphatic carbocycles. The molecular formula is C21H25N5O2S. The van der Waals surface area contributed by atoms with E-state index in [2.05, 4.69) is 20.2 Å². The number of nitrogens with zero attached hydrogens (tertiary/aromatic N) is 4. The molecule has 1 aliphatic rings. The Morgan fingerprint density at radius 3 is 2.52 bits per heavy atom. The summed E-state index contributed by atoms with van der Waals surface area (Å²) in [6.07, 6.45) is 4.94. The van der Waals surface area contributed by atoms with E-state index < -0.39 is 0 Å². The minimum absolute atomic E-state index is 0.0779. The van der Waals surface area contributed by atoms with Crippen molar-refractivity contribution in [3.8, 4) is 0 Å². The Balaban J connectivity index is 1.56. The molecule has 0 saturated carbocycles. The van der Waals surface area contributed by atoms with E-state index in [1.807, 2.05) is 32.9 Å². The summed E-state index contributed by atoms with van der Waals surface area (Å²) in [7, 11) is 0. The van der Waals surface area contributed by atoms with Crippen molar-refractivity contribution in [2.45, 2.75) is 46.6 Å². The number of thiazole rings is 1. The van der Waals surface area contributed by atoms with Gasteiger partial charge in [0.1, 0.15) is 17.6 Å². The molecule has 3 heterocycles. The number of benzene rings is 1. The number of nitrogens with one attached hydrogen (secondary N) is 1. The highest BCUT2D eigenvalue weighted by molar-refractivity contribution is 7.22. The lowest BCUT2D eigenvalue weighted by Gasteiger charge is -2.25. The summed E-state index contributed by atoms with van der Waals surface area (Å²) >= 11 is 1.37. The maximum absolute atomic E-state index is 12.9. The Morgan fingerprint density at radius 2 is 1.83 bits per heavy atom. The van der Waals surface area contributed by atoms with Crippen LogP contribution in [-0.4, -0.2) is 33.5 Å². The van der Waals surface area contributed by atoms with Crippen LogP contribution in [0.15, 0.2) is 23.3 Å². The van der Waals surface area contributed by atoms with Crippen molar-refractivity contribution in [2.75, 3.05) is 23.3 Å². The molecule has 29 heavy (non-hydrogen) atoms. The average molecular weight is 412 g/mol. The third kappa shape index (κ3) is 4.03. The maximum Gasteiger partial charge on any atom is 0.273 e. The first-order valence-corrected chi connectivity index (χ1v) is 10.7. The van der Waals surface area contributed by atoms with Gasteiger partial charge in [0.25, 0.3) is 5.56 Å². The van der Waals surface area contributed by atoms with Gasteiger partial charge < -0.3 is 10.2 Å². The Morgan fingerprint density at radius 1 is 1.14 bits per heavy atom. The van der Waals surface area contributed by atoms with Gasteiger partial charge in [-0.25, -0.2) is 4.98 Å². The molecule has 152 valence electrons. The van der Waals surface area contributed by atoms with E-state index in [4.69, 9.17) is 0 Å². The molecule has 1 saturated heterocycles. The molecular weight excluding hydrogens is 386 g/mol. The van der Waals surface area contributed by atoms with Gasteiger partial charge in [0.2, 0.25) is 5.91 Å². The topological polar surface area (TPSA) is 80.1 Å². The number of carbonyl (C=O) groups excluding carboxylic acids is 1. The molecule has 1 aromatic carbocycles. The number of piperidine rings is 1. The van der Waals surface area contributed by atoms with Crippen molar-refractivity contribution in [1.29, 1.82) is 0 Å². The van der Waals surface area contributed by atoms with Gasteiger partial charge >= 0.3 is 0 Å². The number of anilines is 2. The second-order valence-corrected chi connectivity index (χ2v) is 8.67. The molecule has 0 bridgehead atoms. The van der Waals surface area contributed by atoms with Crippen LogP contribution in [0.2, 0.25) is 0 Å². The molecule has 8 heteroatoms. The first-order chi connectivity index (χ1) is 13.9. The molecule has 2 aromatic heterocycles. The van der Waals surface area contributed by atoms with E-state index in [0.29, 0.717) is 10.3 Å². The largest absolute Gasteiger partial charge is 0.348 e. The molecule has 4 rings (SSSR count). The van der Waals surface area contributed by atoms with Crippen LogP contribution in [0.3, 0.4) is 0 Å². The maximum atomic E-state index is 12.9. The highest BCUT2D eigenvalue weighted by Gasteiger charge is 2.18. The summed E-state index contributed by atoms with van der Waals surface area (Å²) in [6, 6.07) is 4.06. The van der Waals surface area contributed by atoms with Gasteiger partial charge in [-0.3, -0.25) is 14.2 Å². The zero-order chi connectivity index (χ0) is 20.5. The molecule has 0 radical (unpaired) electrons. The van der Waals surface area contributed by atoms with Crippen molar-refractivity contribution >= 4 is 38.4 Å². The van der Waals surface area contributed by atoms with Gasteiger partial charge in [-0.1, -0.05) is 29.0 Å². The lowest BCUT2D eigenvalue weighted by molar-refractivity contribution is -0.116. The quantitative estimate of drug-likeness (QED) is 0.712. The first kappa shape index (κ1) is 19.6. The molecule has 1 aliphatic heterocycles. The van der Waals surface area contributed by atoms with Crippen LogP contribution < -0.4 is 15.8 Å². The minimum atomic E-state index is -0.246.